The third-order valence-electron chi connectivity index (χ3n) is 4.55. The predicted octanol–water partition coefficient (Wildman–Crippen LogP) is 3.09. The van der Waals surface area contributed by atoms with E-state index in [2.05, 4.69) is 19.7 Å². The number of hydrogen-bond acceptors (Lipinski definition) is 3. The molecule has 2 aromatic carbocycles. The van der Waals surface area contributed by atoms with Crippen molar-refractivity contribution in [3.63, 3.8) is 0 Å². The fourth-order valence-corrected chi connectivity index (χ4v) is 3.32. The fraction of sp³-hybridized carbons (Fsp3) is 0.105. The number of para-hydroxylation sites is 2. The molecule has 0 fully saturated rings. The van der Waals surface area contributed by atoms with Crippen molar-refractivity contribution in [3.05, 3.63) is 66.4 Å². The Labute approximate surface area is 143 Å². The van der Waals surface area contributed by atoms with Gasteiger partial charge >= 0.3 is 0 Å². The number of nitrogens with one attached hydrogen (secondary N) is 1. The number of aromatic nitrogens is 4. The van der Waals surface area contributed by atoms with E-state index in [4.69, 9.17) is 0 Å². The van der Waals surface area contributed by atoms with Crippen LogP contribution in [0.5, 0.6) is 0 Å². The number of imidazole rings is 1. The van der Waals surface area contributed by atoms with E-state index >= 15 is 0 Å². The first-order valence-corrected chi connectivity index (χ1v) is 8.19. The van der Waals surface area contributed by atoms with Crippen molar-refractivity contribution in [2.24, 2.45) is 0 Å². The average Bonchev–Trinajstić information content (AvgIpc) is 3.37. The Balaban J connectivity index is 1.50. The number of carbonyl (C=O) groups is 1. The lowest BCUT2D eigenvalue weighted by Gasteiger charge is -2.11. The van der Waals surface area contributed by atoms with Gasteiger partial charge in [0.05, 0.1) is 16.7 Å². The molecule has 0 unspecified atom stereocenters. The van der Waals surface area contributed by atoms with Gasteiger partial charge in [0.2, 0.25) is 5.95 Å². The van der Waals surface area contributed by atoms with Gasteiger partial charge in [-0.3, -0.25) is 14.8 Å². The minimum atomic E-state index is -0.108. The molecule has 0 atom stereocenters. The maximum absolute atomic E-state index is 12.9. The van der Waals surface area contributed by atoms with Gasteiger partial charge in [0.1, 0.15) is 5.69 Å². The molecule has 2 aromatic heterocycles. The second kappa shape index (κ2) is 5.31. The summed E-state index contributed by atoms with van der Waals surface area (Å²) < 4.78 is 2.09. The number of fused-ring (bicyclic) bond motifs is 3. The molecule has 0 saturated carbocycles. The Hall–Kier alpha value is -3.41. The molecule has 0 aliphatic carbocycles. The first-order valence-electron chi connectivity index (χ1n) is 8.19. The number of H-pyrrole nitrogens is 1. The molecule has 4 aromatic rings. The molecule has 5 rings (SSSR count). The summed E-state index contributed by atoms with van der Waals surface area (Å²) in [6.07, 6.45) is 0. The Morgan fingerprint density at radius 3 is 2.68 bits per heavy atom. The van der Waals surface area contributed by atoms with E-state index in [9.17, 15) is 4.79 Å². The van der Waals surface area contributed by atoms with Crippen molar-refractivity contribution < 1.29 is 4.79 Å². The van der Waals surface area contributed by atoms with E-state index in [1.807, 2.05) is 54.6 Å². The molecule has 1 aliphatic rings. The Morgan fingerprint density at radius 2 is 1.80 bits per heavy atom. The van der Waals surface area contributed by atoms with Crippen molar-refractivity contribution in [1.29, 1.82) is 0 Å². The normalized spacial score (nSPS) is 13.4. The average molecular weight is 329 g/mol. The summed E-state index contributed by atoms with van der Waals surface area (Å²) in [5.41, 5.74) is 4.18. The Kier molecular flexibility index (Phi) is 2.97. The third kappa shape index (κ3) is 2.15. The first-order chi connectivity index (χ1) is 12.3. The van der Waals surface area contributed by atoms with Crippen LogP contribution < -0.4 is 4.90 Å². The molecule has 0 bridgehead atoms. The van der Waals surface area contributed by atoms with Crippen molar-refractivity contribution in [2.75, 3.05) is 11.4 Å². The third-order valence-corrected chi connectivity index (χ3v) is 4.55. The second-order valence-corrected chi connectivity index (χ2v) is 6.04. The second-order valence-electron chi connectivity index (χ2n) is 6.04. The highest BCUT2D eigenvalue weighted by atomic mass is 16.2. The molecule has 1 amide bonds. The minimum Gasteiger partial charge on any atom is -0.308 e. The van der Waals surface area contributed by atoms with Crippen LogP contribution in [-0.2, 0) is 6.54 Å². The lowest BCUT2D eigenvalue weighted by atomic mass is 10.1. The molecule has 6 heteroatoms. The van der Waals surface area contributed by atoms with E-state index in [1.165, 1.54) is 0 Å². The van der Waals surface area contributed by atoms with Crippen LogP contribution in [0.25, 0.3) is 22.3 Å². The molecule has 25 heavy (non-hydrogen) atoms. The molecule has 0 spiro atoms. The van der Waals surface area contributed by atoms with Gasteiger partial charge in [-0.25, -0.2) is 4.98 Å². The Bertz CT molecular complexity index is 1080. The van der Waals surface area contributed by atoms with Gasteiger partial charge in [0.15, 0.2) is 0 Å². The molecular weight excluding hydrogens is 314 g/mol. The molecule has 6 nitrogen and oxygen atoms in total. The standard InChI is InChI=1S/C19H15N5O/c25-18(16-12-15(21-22-16)13-6-2-1-3-7-13)24-11-10-23-17-9-5-4-8-14(17)20-19(23)24/h1-9,12H,10-11H2,(H,21,22). The lowest BCUT2D eigenvalue weighted by molar-refractivity contribution is 0.0984. The maximum Gasteiger partial charge on any atom is 0.278 e. The predicted molar refractivity (Wildman–Crippen MR) is 95.4 cm³/mol. The number of aromatic amines is 1. The highest BCUT2D eigenvalue weighted by molar-refractivity contribution is 6.05. The van der Waals surface area contributed by atoms with Crippen LogP contribution in [0, 0.1) is 0 Å². The zero-order chi connectivity index (χ0) is 16.8. The monoisotopic (exact) mass is 329 g/mol. The van der Waals surface area contributed by atoms with Gasteiger partial charge in [-0.1, -0.05) is 42.5 Å². The van der Waals surface area contributed by atoms with Gasteiger partial charge in [-0.15, -0.1) is 0 Å². The van der Waals surface area contributed by atoms with Crippen LogP contribution in [0.2, 0.25) is 0 Å². The van der Waals surface area contributed by atoms with Gasteiger partial charge in [0.25, 0.3) is 5.91 Å². The van der Waals surface area contributed by atoms with Crippen LogP contribution in [0.1, 0.15) is 10.5 Å². The summed E-state index contributed by atoms with van der Waals surface area (Å²) >= 11 is 0. The molecule has 0 radical (unpaired) electrons. The topological polar surface area (TPSA) is 66.8 Å². The van der Waals surface area contributed by atoms with Gasteiger partial charge < -0.3 is 4.57 Å². The molecule has 3 heterocycles. The Morgan fingerprint density at radius 1 is 1.00 bits per heavy atom. The zero-order valence-electron chi connectivity index (χ0n) is 13.4. The number of hydrogen-bond donors (Lipinski definition) is 1. The van der Waals surface area contributed by atoms with E-state index in [-0.39, 0.29) is 5.91 Å². The summed E-state index contributed by atoms with van der Waals surface area (Å²) in [5.74, 6) is 0.589. The van der Waals surface area contributed by atoms with Crippen LogP contribution in [0.3, 0.4) is 0 Å². The summed E-state index contributed by atoms with van der Waals surface area (Å²) in [4.78, 5) is 19.3. The fourth-order valence-electron chi connectivity index (χ4n) is 3.32. The quantitative estimate of drug-likeness (QED) is 0.614. The number of benzene rings is 2. The summed E-state index contributed by atoms with van der Waals surface area (Å²) in [6.45, 7) is 1.37. The molecule has 1 N–H and O–H groups in total. The van der Waals surface area contributed by atoms with Crippen molar-refractivity contribution >= 4 is 22.9 Å². The SMILES string of the molecule is O=C(c1cc(-c2ccccc2)n[nH]1)N1CCn2c1nc1ccccc12. The number of carbonyl (C=O) groups excluding carboxylic acids is 1. The highest BCUT2D eigenvalue weighted by Gasteiger charge is 2.30. The molecule has 122 valence electrons. The van der Waals surface area contributed by atoms with Crippen LogP contribution in [0.15, 0.2) is 60.7 Å². The molecule has 1 aliphatic heterocycles. The van der Waals surface area contributed by atoms with E-state index in [0.717, 1.165) is 28.8 Å². The minimum absolute atomic E-state index is 0.108. The van der Waals surface area contributed by atoms with Crippen LogP contribution in [-0.4, -0.2) is 32.2 Å². The van der Waals surface area contributed by atoms with Gasteiger partial charge in [-0.05, 0) is 18.2 Å². The number of nitrogens with zero attached hydrogens (tertiary/aromatic N) is 4. The van der Waals surface area contributed by atoms with Gasteiger partial charge in [-0.2, -0.15) is 5.10 Å². The lowest BCUT2D eigenvalue weighted by Crippen LogP contribution is -2.29. The number of amides is 1. The van der Waals surface area contributed by atoms with E-state index in [1.54, 1.807) is 11.0 Å². The number of rotatable bonds is 2. The first kappa shape index (κ1) is 14.0. The molecular formula is C19H15N5O. The summed E-state index contributed by atoms with van der Waals surface area (Å²) in [7, 11) is 0. The van der Waals surface area contributed by atoms with Crippen LogP contribution in [0.4, 0.5) is 5.95 Å². The van der Waals surface area contributed by atoms with E-state index < -0.39 is 0 Å². The smallest absolute Gasteiger partial charge is 0.278 e. The highest BCUT2D eigenvalue weighted by Crippen LogP contribution is 2.28. The zero-order valence-corrected chi connectivity index (χ0v) is 13.4. The maximum atomic E-state index is 12.9. The van der Waals surface area contributed by atoms with E-state index in [0.29, 0.717) is 18.2 Å². The summed E-state index contributed by atoms with van der Waals surface area (Å²) in [6, 6.07) is 19.5. The summed E-state index contributed by atoms with van der Waals surface area (Å²) in [5, 5.41) is 7.15. The van der Waals surface area contributed by atoms with Crippen molar-refractivity contribution in [2.45, 2.75) is 6.54 Å². The van der Waals surface area contributed by atoms with Crippen molar-refractivity contribution in [3.8, 4) is 11.3 Å². The van der Waals surface area contributed by atoms with Crippen LogP contribution >= 0.6 is 0 Å². The molecule has 0 saturated heterocycles. The van der Waals surface area contributed by atoms with Gasteiger partial charge in [0, 0.05) is 18.7 Å². The number of anilines is 1. The largest absolute Gasteiger partial charge is 0.308 e. The van der Waals surface area contributed by atoms with Crippen molar-refractivity contribution in [1.82, 2.24) is 19.7 Å².